The summed E-state index contributed by atoms with van der Waals surface area (Å²) in [6.45, 7) is 11.1. The first kappa shape index (κ1) is 12.9. The van der Waals surface area contributed by atoms with Crippen LogP contribution in [-0.2, 0) is 5.41 Å². The molecule has 1 heteroatoms. The van der Waals surface area contributed by atoms with Gasteiger partial charge in [0.1, 0.15) is 0 Å². The minimum atomic E-state index is 0.405. The molecule has 3 saturated heterocycles. The second-order valence-electron chi connectivity index (χ2n) is 8.16. The van der Waals surface area contributed by atoms with E-state index >= 15 is 0 Å². The SMILES string of the molecule is Cc1ccccc1C12CC3CC(C1)C(C)(C)N(C3)C2C. The number of hydrogen-bond donors (Lipinski definition) is 0. The molecular weight excluding hydrogens is 242 g/mol. The molecule has 4 aliphatic rings. The van der Waals surface area contributed by atoms with Crippen LogP contribution in [-0.4, -0.2) is 23.0 Å². The predicted molar refractivity (Wildman–Crippen MR) is 83.9 cm³/mol. The molecule has 1 aromatic carbocycles. The summed E-state index contributed by atoms with van der Waals surface area (Å²) in [7, 11) is 0. The highest BCUT2D eigenvalue weighted by Gasteiger charge is 2.61. The highest BCUT2D eigenvalue weighted by atomic mass is 15.3. The van der Waals surface area contributed by atoms with Gasteiger partial charge in [-0.05, 0) is 69.9 Å². The third-order valence-corrected chi connectivity index (χ3v) is 7.02. The number of hydrogen-bond acceptors (Lipinski definition) is 1. The maximum absolute atomic E-state index is 2.84. The quantitative estimate of drug-likeness (QED) is 0.740. The molecule has 3 heterocycles. The zero-order valence-electron chi connectivity index (χ0n) is 13.3. The van der Waals surface area contributed by atoms with Crippen LogP contribution in [0.4, 0.5) is 0 Å². The van der Waals surface area contributed by atoms with Gasteiger partial charge in [0, 0.05) is 23.5 Å². The second-order valence-corrected chi connectivity index (χ2v) is 8.16. The van der Waals surface area contributed by atoms with Gasteiger partial charge >= 0.3 is 0 Å². The van der Waals surface area contributed by atoms with E-state index in [1.165, 1.54) is 31.4 Å². The lowest BCUT2D eigenvalue weighted by molar-refractivity contribution is -0.157. The van der Waals surface area contributed by atoms with E-state index in [1.54, 1.807) is 5.56 Å². The lowest BCUT2D eigenvalue weighted by Gasteiger charge is -2.69. The molecule has 1 nitrogen and oxygen atoms in total. The maximum Gasteiger partial charge on any atom is 0.0185 e. The molecule has 0 aromatic heterocycles. The largest absolute Gasteiger partial charge is 0.294 e. The van der Waals surface area contributed by atoms with E-state index < -0.39 is 0 Å². The van der Waals surface area contributed by atoms with Crippen LogP contribution in [0, 0.1) is 18.8 Å². The number of rotatable bonds is 1. The Morgan fingerprint density at radius 2 is 1.90 bits per heavy atom. The average molecular weight is 269 g/mol. The fraction of sp³-hybridized carbons (Fsp3) is 0.684. The van der Waals surface area contributed by atoms with Crippen LogP contribution in [0.5, 0.6) is 0 Å². The summed E-state index contributed by atoms with van der Waals surface area (Å²) in [5.74, 6) is 1.81. The number of aryl methyl sites for hydroxylation is 1. The summed E-state index contributed by atoms with van der Waals surface area (Å²) < 4.78 is 0. The van der Waals surface area contributed by atoms with Crippen molar-refractivity contribution in [2.75, 3.05) is 6.54 Å². The summed E-state index contributed by atoms with van der Waals surface area (Å²) in [6, 6.07) is 9.84. The van der Waals surface area contributed by atoms with Crippen molar-refractivity contribution in [3.05, 3.63) is 35.4 Å². The van der Waals surface area contributed by atoms with Crippen molar-refractivity contribution in [1.29, 1.82) is 0 Å². The monoisotopic (exact) mass is 269 g/mol. The topological polar surface area (TPSA) is 3.24 Å². The Labute approximate surface area is 123 Å². The molecule has 5 rings (SSSR count). The standard InChI is InChI=1S/C19H27N/c1-13-7-5-6-8-17(13)19-10-15-9-16(11-19)18(3,4)20(12-15)14(19)2/h5-8,14-16H,9-12H2,1-4H3. The first-order valence-corrected chi connectivity index (χ1v) is 8.28. The van der Waals surface area contributed by atoms with Gasteiger partial charge in [0.2, 0.25) is 0 Å². The molecule has 108 valence electrons. The van der Waals surface area contributed by atoms with Crippen LogP contribution in [0.25, 0.3) is 0 Å². The van der Waals surface area contributed by atoms with Crippen molar-refractivity contribution in [2.24, 2.45) is 11.8 Å². The smallest absolute Gasteiger partial charge is 0.0185 e. The Hall–Kier alpha value is -0.820. The van der Waals surface area contributed by atoms with Crippen LogP contribution in [0.15, 0.2) is 24.3 Å². The molecular formula is C19H27N. The van der Waals surface area contributed by atoms with Gasteiger partial charge in [-0.1, -0.05) is 24.3 Å². The van der Waals surface area contributed by atoms with Gasteiger partial charge in [-0.3, -0.25) is 4.90 Å². The Balaban J connectivity index is 1.86. The molecule has 1 aromatic rings. The van der Waals surface area contributed by atoms with Crippen molar-refractivity contribution < 1.29 is 0 Å². The summed E-state index contributed by atoms with van der Waals surface area (Å²) >= 11 is 0. The van der Waals surface area contributed by atoms with Crippen molar-refractivity contribution in [3.63, 3.8) is 0 Å². The van der Waals surface area contributed by atoms with Crippen LogP contribution < -0.4 is 0 Å². The van der Waals surface area contributed by atoms with Crippen LogP contribution >= 0.6 is 0 Å². The molecule has 4 bridgehead atoms. The minimum absolute atomic E-state index is 0.405. The van der Waals surface area contributed by atoms with Gasteiger partial charge in [0.05, 0.1) is 0 Å². The van der Waals surface area contributed by atoms with Crippen molar-refractivity contribution in [1.82, 2.24) is 4.90 Å². The Bertz CT molecular complexity index is 546. The third-order valence-electron chi connectivity index (χ3n) is 7.02. The molecule has 1 aliphatic carbocycles. The lowest BCUT2D eigenvalue weighted by Crippen LogP contribution is -2.73. The van der Waals surface area contributed by atoms with E-state index in [4.69, 9.17) is 0 Å². The highest BCUT2D eigenvalue weighted by molar-refractivity contribution is 5.38. The average Bonchev–Trinajstić information content (AvgIpc) is 2.41. The summed E-state index contributed by atoms with van der Waals surface area (Å²) in [6.07, 6.45) is 4.28. The van der Waals surface area contributed by atoms with E-state index in [9.17, 15) is 0 Å². The van der Waals surface area contributed by atoms with Gasteiger partial charge in [0.25, 0.3) is 0 Å². The molecule has 20 heavy (non-hydrogen) atoms. The number of piperidine rings is 3. The van der Waals surface area contributed by atoms with Gasteiger partial charge in [-0.15, -0.1) is 0 Å². The van der Waals surface area contributed by atoms with E-state index in [0.717, 1.165) is 11.8 Å². The van der Waals surface area contributed by atoms with Gasteiger partial charge < -0.3 is 0 Å². The molecule has 5 atom stereocenters. The molecule has 0 N–H and O–H groups in total. The maximum atomic E-state index is 2.84. The highest BCUT2D eigenvalue weighted by Crippen LogP contribution is 2.60. The first-order valence-electron chi connectivity index (χ1n) is 8.28. The van der Waals surface area contributed by atoms with E-state index in [1.807, 2.05) is 0 Å². The van der Waals surface area contributed by atoms with E-state index in [-0.39, 0.29) is 0 Å². The Morgan fingerprint density at radius 1 is 1.15 bits per heavy atom. The zero-order valence-corrected chi connectivity index (χ0v) is 13.3. The van der Waals surface area contributed by atoms with Gasteiger partial charge in [-0.25, -0.2) is 0 Å². The molecule has 3 aliphatic heterocycles. The van der Waals surface area contributed by atoms with Crippen LogP contribution in [0.3, 0.4) is 0 Å². The molecule has 0 spiro atoms. The third kappa shape index (κ3) is 1.43. The van der Waals surface area contributed by atoms with Gasteiger partial charge in [0.15, 0.2) is 0 Å². The fourth-order valence-corrected chi connectivity index (χ4v) is 5.91. The number of nitrogens with zero attached hydrogens (tertiary/aromatic N) is 1. The van der Waals surface area contributed by atoms with Crippen LogP contribution in [0.2, 0.25) is 0 Å². The van der Waals surface area contributed by atoms with Crippen molar-refractivity contribution >= 4 is 0 Å². The minimum Gasteiger partial charge on any atom is -0.294 e. The molecule has 5 unspecified atom stereocenters. The first-order chi connectivity index (χ1) is 9.45. The van der Waals surface area contributed by atoms with E-state index in [0.29, 0.717) is 17.0 Å². The normalized spacial score (nSPS) is 44.8. The van der Waals surface area contributed by atoms with Crippen LogP contribution in [0.1, 0.15) is 51.2 Å². The predicted octanol–water partition coefficient (Wildman–Crippen LogP) is 4.15. The molecule has 0 radical (unpaired) electrons. The summed E-state index contributed by atoms with van der Waals surface area (Å²) in [5, 5.41) is 0. The molecule has 1 saturated carbocycles. The molecule has 4 fully saturated rings. The summed E-state index contributed by atoms with van der Waals surface area (Å²) in [4.78, 5) is 2.84. The number of benzene rings is 1. The fourth-order valence-electron chi connectivity index (χ4n) is 5.91. The van der Waals surface area contributed by atoms with Crippen molar-refractivity contribution in [2.45, 2.75) is 64.0 Å². The Morgan fingerprint density at radius 3 is 2.65 bits per heavy atom. The van der Waals surface area contributed by atoms with E-state index in [2.05, 4.69) is 56.9 Å². The molecule has 0 amide bonds. The second kappa shape index (κ2) is 3.88. The van der Waals surface area contributed by atoms with Gasteiger partial charge in [-0.2, -0.15) is 0 Å². The Kier molecular flexibility index (Phi) is 2.50. The zero-order chi connectivity index (χ0) is 14.1. The van der Waals surface area contributed by atoms with Crippen molar-refractivity contribution in [3.8, 4) is 0 Å². The summed E-state index contributed by atoms with van der Waals surface area (Å²) in [5.41, 5.74) is 3.97. The lowest BCUT2D eigenvalue weighted by atomic mass is 9.49.